The Kier molecular flexibility index (Phi) is 5.21. The molecule has 0 aliphatic rings. The van der Waals surface area contributed by atoms with Crippen LogP contribution in [0, 0.1) is 0 Å². The van der Waals surface area contributed by atoms with Crippen molar-refractivity contribution in [1.29, 1.82) is 0 Å². The number of fused-ring (bicyclic) bond motifs is 2. The van der Waals surface area contributed by atoms with Crippen molar-refractivity contribution in [3.05, 3.63) is 70.7 Å². The summed E-state index contributed by atoms with van der Waals surface area (Å²) in [5.41, 5.74) is 1.67. The Bertz CT molecular complexity index is 1150. The first-order valence-corrected chi connectivity index (χ1v) is 9.72. The summed E-state index contributed by atoms with van der Waals surface area (Å²) < 4.78 is 11.9. The number of H-pyrrole nitrogens is 1. The molecule has 0 aliphatic heterocycles. The molecule has 1 aromatic heterocycles. The molecule has 0 unspecified atom stereocenters. The van der Waals surface area contributed by atoms with Gasteiger partial charge in [0.2, 0.25) is 5.88 Å². The number of aryl methyl sites for hydroxylation is 1. The Morgan fingerprint density at radius 2 is 1.86 bits per heavy atom. The number of carboxylic acid groups (broad SMARTS) is 1. The van der Waals surface area contributed by atoms with Gasteiger partial charge in [-0.1, -0.05) is 52.3 Å². The Morgan fingerprint density at radius 1 is 1.04 bits per heavy atom. The van der Waals surface area contributed by atoms with Gasteiger partial charge in [-0.2, -0.15) is 0 Å². The highest BCUT2D eigenvalue weighted by Gasteiger charge is 2.15. The molecule has 0 fully saturated rings. The van der Waals surface area contributed by atoms with E-state index in [9.17, 15) is 4.79 Å². The lowest BCUT2D eigenvalue weighted by Gasteiger charge is -2.09. The average molecular weight is 440 g/mol. The lowest BCUT2D eigenvalue weighted by Crippen LogP contribution is -2.06. The van der Waals surface area contributed by atoms with Gasteiger partial charge in [-0.3, -0.25) is 0 Å². The van der Waals surface area contributed by atoms with Gasteiger partial charge in [-0.05, 0) is 42.5 Å². The predicted octanol–water partition coefficient (Wildman–Crippen LogP) is 6.15. The van der Waals surface area contributed by atoms with E-state index in [1.807, 2.05) is 48.5 Å². The maximum Gasteiger partial charge on any atom is 0.512 e. The van der Waals surface area contributed by atoms with Gasteiger partial charge in [0, 0.05) is 26.3 Å². The number of halogens is 1. The molecule has 5 nitrogen and oxygen atoms in total. The maximum atomic E-state index is 11.0. The molecule has 4 rings (SSSR count). The van der Waals surface area contributed by atoms with Crippen molar-refractivity contribution in [2.75, 3.05) is 6.61 Å². The van der Waals surface area contributed by atoms with E-state index in [0.717, 1.165) is 43.9 Å². The highest BCUT2D eigenvalue weighted by molar-refractivity contribution is 9.10. The first-order chi connectivity index (χ1) is 13.6. The van der Waals surface area contributed by atoms with Crippen LogP contribution in [0.3, 0.4) is 0 Å². The number of hydrogen-bond donors (Lipinski definition) is 2. The van der Waals surface area contributed by atoms with Crippen LogP contribution in [0.2, 0.25) is 0 Å². The molecule has 4 aromatic rings. The van der Waals surface area contributed by atoms with Crippen LogP contribution in [0.5, 0.6) is 11.6 Å². The van der Waals surface area contributed by atoms with Gasteiger partial charge in [-0.25, -0.2) is 4.79 Å². The van der Waals surface area contributed by atoms with Crippen LogP contribution in [0.25, 0.3) is 21.7 Å². The minimum absolute atomic E-state index is 0.269. The summed E-state index contributed by atoms with van der Waals surface area (Å²) >= 11 is 3.47. The van der Waals surface area contributed by atoms with E-state index >= 15 is 0 Å². The maximum absolute atomic E-state index is 11.0. The van der Waals surface area contributed by atoms with Crippen LogP contribution in [0.15, 0.2) is 65.1 Å². The summed E-state index contributed by atoms with van der Waals surface area (Å²) in [5.74, 6) is 1.12. The zero-order valence-electron chi connectivity index (χ0n) is 14.9. The van der Waals surface area contributed by atoms with E-state index in [2.05, 4.69) is 33.0 Å². The third-order valence-electron chi connectivity index (χ3n) is 4.60. The zero-order chi connectivity index (χ0) is 19.5. The SMILES string of the molecule is O=C(O)Oc1[nH]c2ccc(Br)cc2c1CCCOc1cccc2ccccc12. The lowest BCUT2D eigenvalue weighted by atomic mass is 10.1. The third-order valence-corrected chi connectivity index (χ3v) is 5.09. The fraction of sp³-hybridized carbons (Fsp3) is 0.136. The molecule has 2 N–H and O–H groups in total. The molecular formula is C22H18BrNO4. The fourth-order valence-electron chi connectivity index (χ4n) is 3.37. The second-order valence-electron chi connectivity index (χ2n) is 6.42. The van der Waals surface area contributed by atoms with Crippen LogP contribution in [0.4, 0.5) is 4.79 Å². The van der Waals surface area contributed by atoms with Crippen molar-refractivity contribution in [1.82, 2.24) is 4.98 Å². The van der Waals surface area contributed by atoms with Gasteiger partial charge >= 0.3 is 6.16 Å². The number of carbonyl (C=O) groups is 1. The van der Waals surface area contributed by atoms with Crippen LogP contribution < -0.4 is 9.47 Å². The molecule has 3 aromatic carbocycles. The molecule has 0 saturated carbocycles. The summed E-state index contributed by atoms with van der Waals surface area (Å²) in [7, 11) is 0. The van der Waals surface area contributed by atoms with E-state index < -0.39 is 6.16 Å². The molecule has 28 heavy (non-hydrogen) atoms. The van der Waals surface area contributed by atoms with E-state index in [1.54, 1.807) is 0 Å². The Labute approximate surface area is 170 Å². The van der Waals surface area contributed by atoms with E-state index in [0.29, 0.717) is 13.0 Å². The van der Waals surface area contributed by atoms with Crippen molar-refractivity contribution in [2.45, 2.75) is 12.8 Å². The summed E-state index contributed by atoms with van der Waals surface area (Å²) in [6.07, 6.45) is 0.0153. The first kappa shape index (κ1) is 18.4. The first-order valence-electron chi connectivity index (χ1n) is 8.93. The zero-order valence-corrected chi connectivity index (χ0v) is 16.5. The second-order valence-corrected chi connectivity index (χ2v) is 7.34. The number of hydrogen-bond acceptors (Lipinski definition) is 3. The lowest BCUT2D eigenvalue weighted by molar-refractivity contribution is 0.142. The summed E-state index contributed by atoms with van der Waals surface area (Å²) in [6.45, 7) is 0.515. The van der Waals surface area contributed by atoms with Gasteiger partial charge < -0.3 is 19.6 Å². The summed E-state index contributed by atoms with van der Waals surface area (Å²) in [5, 5.41) is 12.2. The van der Waals surface area contributed by atoms with Crippen molar-refractivity contribution in [3.8, 4) is 11.6 Å². The van der Waals surface area contributed by atoms with Crippen LogP contribution >= 0.6 is 15.9 Å². The topological polar surface area (TPSA) is 71.5 Å². The van der Waals surface area contributed by atoms with Crippen molar-refractivity contribution in [2.24, 2.45) is 0 Å². The third kappa shape index (κ3) is 3.82. The number of ether oxygens (including phenoxy) is 2. The molecule has 142 valence electrons. The number of rotatable bonds is 6. The Hall–Kier alpha value is -2.99. The molecule has 0 aliphatic carbocycles. The van der Waals surface area contributed by atoms with Crippen LogP contribution in [-0.2, 0) is 6.42 Å². The van der Waals surface area contributed by atoms with Crippen LogP contribution in [0.1, 0.15) is 12.0 Å². The van der Waals surface area contributed by atoms with Crippen LogP contribution in [-0.4, -0.2) is 22.9 Å². The van der Waals surface area contributed by atoms with Gasteiger partial charge in [0.1, 0.15) is 5.75 Å². The second kappa shape index (κ2) is 7.94. The minimum atomic E-state index is -1.33. The molecule has 0 atom stereocenters. The fourth-order valence-corrected chi connectivity index (χ4v) is 3.73. The monoisotopic (exact) mass is 439 g/mol. The molecule has 0 radical (unpaired) electrons. The molecular weight excluding hydrogens is 422 g/mol. The van der Waals surface area contributed by atoms with Gasteiger partial charge in [0.15, 0.2) is 0 Å². The predicted molar refractivity (Wildman–Crippen MR) is 112 cm³/mol. The van der Waals surface area contributed by atoms with Crippen molar-refractivity contribution >= 4 is 43.8 Å². The molecule has 0 bridgehead atoms. The number of aromatic amines is 1. The quantitative estimate of drug-likeness (QED) is 0.279. The number of benzene rings is 3. The Morgan fingerprint density at radius 3 is 2.71 bits per heavy atom. The molecule has 6 heteroatoms. The highest BCUT2D eigenvalue weighted by Crippen LogP contribution is 2.32. The highest BCUT2D eigenvalue weighted by atomic mass is 79.9. The Balaban J connectivity index is 1.50. The molecule has 0 spiro atoms. The minimum Gasteiger partial charge on any atom is -0.493 e. The smallest absolute Gasteiger partial charge is 0.493 e. The van der Waals surface area contributed by atoms with E-state index in [4.69, 9.17) is 14.6 Å². The standard InChI is InChI=1S/C22H18BrNO4/c23-15-10-11-19-18(13-15)17(21(24-19)28-22(25)26)8-4-12-27-20-9-3-6-14-5-1-2-7-16(14)20/h1-3,5-7,9-11,13,24H,4,8,12H2,(H,25,26). The number of aromatic nitrogens is 1. The van der Waals surface area contributed by atoms with Crippen molar-refractivity contribution < 1.29 is 19.4 Å². The van der Waals surface area contributed by atoms with Gasteiger partial charge in [0.25, 0.3) is 0 Å². The molecule has 0 amide bonds. The average Bonchev–Trinajstić information content (AvgIpc) is 3.01. The summed E-state index contributed by atoms with van der Waals surface area (Å²) in [4.78, 5) is 14.1. The van der Waals surface area contributed by atoms with E-state index in [1.165, 1.54) is 0 Å². The number of nitrogens with one attached hydrogen (secondary N) is 1. The van der Waals surface area contributed by atoms with E-state index in [-0.39, 0.29) is 5.88 Å². The summed E-state index contributed by atoms with van der Waals surface area (Å²) in [6, 6.07) is 19.9. The van der Waals surface area contributed by atoms with Crippen molar-refractivity contribution in [3.63, 3.8) is 0 Å². The molecule has 0 saturated heterocycles. The van der Waals surface area contributed by atoms with Gasteiger partial charge in [-0.15, -0.1) is 0 Å². The largest absolute Gasteiger partial charge is 0.512 e. The van der Waals surface area contributed by atoms with Gasteiger partial charge in [0.05, 0.1) is 6.61 Å². The normalized spacial score (nSPS) is 11.0. The molecule has 1 heterocycles.